The number of aromatic hydroxyl groups is 1. The summed E-state index contributed by atoms with van der Waals surface area (Å²) in [5, 5.41) is 11.4. The summed E-state index contributed by atoms with van der Waals surface area (Å²) in [6.07, 6.45) is -4.59. The molecule has 0 aliphatic carbocycles. The highest BCUT2D eigenvalue weighted by molar-refractivity contribution is 6.11. The number of hydrogen-bond donors (Lipinski definition) is 2. The first kappa shape index (κ1) is 15.6. The lowest BCUT2D eigenvalue weighted by Crippen LogP contribution is -2.30. The van der Waals surface area contributed by atoms with E-state index >= 15 is 0 Å². The zero-order valence-corrected chi connectivity index (χ0v) is 11.0. The van der Waals surface area contributed by atoms with Gasteiger partial charge in [-0.05, 0) is 30.3 Å². The first-order valence-corrected chi connectivity index (χ1v) is 6.10. The fourth-order valence-electron chi connectivity index (χ4n) is 1.75. The molecule has 2 aromatic rings. The SMILES string of the molecule is O=C(NC(=O)c1ccccc1O)c1cccc(C(F)(F)F)c1. The van der Waals surface area contributed by atoms with Crippen LogP contribution in [-0.2, 0) is 6.18 Å². The lowest BCUT2D eigenvalue weighted by atomic mass is 10.1. The maximum atomic E-state index is 12.6. The number of imide groups is 1. The smallest absolute Gasteiger partial charge is 0.416 e. The van der Waals surface area contributed by atoms with Crippen LogP contribution in [0.1, 0.15) is 26.3 Å². The Bertz CT molecular complexity index is 726. The molecule has 2 aromatic carbocycles. The predicted molar refractivity (Wildman–Crippen MR) is 71.3 cm³/mol. The van der Waals surface area contributed by atoms with Gasteiger partial charge in [0.15, 0.2) is 0 Å². The second kappa shape index (κ2) is 5.88. The largest absolute Gasteiger partial charge is 0.507 e. The number of hydrogen-bond acceptors (Lipinski definition) is 3. The summed E-state index contributed by atoms with van der Waals surface area (Å²) in [7, 11) is 0. The van der Waals surface area contributed by atoms with Gasteiger partial charge in [0.2, 0.25) is 0 Å². The molecule has 0 aliphatic heterocycles. The standard InChI is InChI=1S/C15H10F3NO3/c16-15(17,18)10-5-3-4-9(8-10)13(21)19-14(22)11-6-1-2-7-12(11)20/h1-8,20H,(H,19,21,22). The summed E-state index contributed by atoms with van der Waals surface area (Å²) in [5.74, 6) is -2.23. The van der Waals surface area contributed by atoms with Crippen molar-refractivity contribution >= 4 is 11.8 Å². The van der Waals surface area contributed by atoms with Gasteiger partial charge in [0.1, 0.15) is 5.75 Å². The summed E-state index contributed by atoms with van der Waals surface area (Å²) in [6, 6.07) is 9.19. The molecule has 7 heteroatoms. The Morgan fingerprint density at radius 1 is 0.955 bits per heavy atom. The normalized spacial score (nSPS) is 11.0. The second-order valence-corrected chi connectivity index (χ2v) is 4.38. The third kappa shape index (κ3) is 3.43. The van der Waals surface area contributed by atoms with Gasteiger partial charge >= 0.3 is 6.18 Å². The average Bonchev–Trinajstić information content (AvgIpc) is 2.46. The third-order valence-electron chi connectivity index (χ3n) is 2.83. The maximum absolute atomic E-state index is 12.6. The third-order valence-corrected chi connectivity index (χ3v) is 2.83. The zero-order chi connectivity index (χ0) is 16.3. The van der Waals surface area contributed by atoms with Gasteiger partial charge in [-0.1, -0.05) is 18.2 Å². The molecule has 22 heavy (non-hydrogen) atoms. The van der Waals surface area contributed by atoms with Crippen LogP contribution in [0.25, 0.3) is 0 Å². The van der Waals surface area contributed by atoms with Crippen molar-refractivity contribution in [2.75, 3.05) is 0 Å². The Hall–Kier alpha value is -2.83. The van der Waals surface area contributed by atoms with E-state index in [0.29, 0.717) is 6.07 Å². The summed E-state index contributed by atoms with van der Waals surface area (Å²) in [6.45, 7) is 0. The van der Waals surface area contributed by atoms with Crippen molar-refractivity contribution in [1.29, 1.82) is 0 Å². The number of nitrogens with one attached hydrogen (secondary N) is 1. The van der Waals surface area contributed by atoms with Crippen LogP contribution in [0.5, 0.6) is 5.75 Å². The molecule has 0 unspecified atom stereocenters. The van der Waals surface area contributed by atoms with Crippen molar-refractivity contribution in [3.8, 4) is 5.75 Å². The van der Waals surface area contributed by atoms with Gasteiger partial charge in [-0.25, -0.2) is 0 Å². The van der Waals surface area contributed by atoms with Gasteiger partial charge in [-0.15, -0.1) is 0 Å². The van der Waals surface area contributed by atoms with Crippen LogP contribution in [0, 0.1) is 0 Å². The summed E-state index contributed by atoms with van der Waals surface area (Å²) in [4.78, 5) is 23.7. The molecule has 0 radical (unpaired) electrons. The van der Waals surface area contributed by atoms with Crippen LogP contribution >= 0.6 is 0 Å². The highest BCUT2D eigenvalue weighted by Gasteiger charge is 2.31. The quantitative estimate of drug-likeness (QED) is 0.838. The monoisotopic (exact) mass is 309 g/mol. The molecule has 0 saturated carbocycles. The lowest BCUT2D eigenvalue weighted by molar-refractivity contribution is -0.137. The number of para-hydroxylation sites is 1. The van der Waals surface area contributed by atoms with Crippen LogP contribution in [0.15, 0.2) is 48.5 Å². The number of carbonyl (C=O) groups is 2. The molecule has 114 valence electrons. The van der Waals surface area contributed by atoms with E-state index < -0.39 is 23.6 Å². The fraction of sp³-hybridized carbons (Fsp3) is 0.0667. The molecular weight excluding hydrogens is 299 g/mol. The summed E-state index contributed by atoms with van der Waals surface area (Å²) < 4.78 is 37.7. The minimum atomic E-state index is -4.59. The fourth-order valence-corrected chi connectivity index (χ4v) is 1.75. The van der Waals surface area contributed by atoms with Crippen LogP contribution in [0.2, 0.25) is 0 Å². The Morgan fingerprint density at radius 3 is 2.27 bits per heavy atom. The molecule has 0 saturated heterocycles. The Kier molecular flexibility index (Phi) is 4.16. The molecule has 0 fully saturated rings. The molecular formula is C15H10F3NO3. The summed E-state index contributed by atoms with van der Waals surface area (Å²) in [5.41, 5.74) is -1.45. The average molecular weight is 309 g/mol. The molecule has 2 amide bonds. The second-order valence-electron chi connectivity index (χ2n) is 4.38. The minimum absolute atomic E-state index is 0.150. The summed E-state index contributed by atoms with van der Waals surface area (Å²) >= 11 is 0. The molecule has 0 aromatic heterocycles. The molecule has 2 N–H and O–H groups in total. The Morgan fingerprint density at radius 2 is 1.64 bits per heavy atom. The van der Waals surface area contributed by atoms with E-state index in [1.807, 2.05) is 5.32 Å². The number of halogens is 3. The van der Waals surface area contributed by atoms with E-state index in [0.717, 1.165) is 18.2 Å². The molecule has 0 atom stereocenters. The van der Waals surface area contributed by atoms with Crippen LogP contribution in [-0.4, -0.2) is 16.9 Å². The predicted octanol–water partition coefficient (Wildman–Crippen LogP) is 2.98. The van der Waals surface area contributed by atoms with Gasteiger partial charge < -0.3 is 5.11 Å². The van der Waals surface area contributed by atoms with Gasteiger partial charge in [-0.3, -0.25) is 14.9 Å². The van der Waals surface area contributed by atoms with E-state index in [1.54, 1.807) is 0 Å². The van der Waals surface area contributed by atoms with Crippen molar-refractivity contribution < 1.29 is 27.9 Å². The molecule has 0 heterocycles. The van der Waals surface area contributed by atoms with E-state index in [2.05, 4.69) is 0 Å². The molecule has 0 bridgehead atoms. The van der Waals surface area contributed by atoms with E-state index in [1.165, 1.54) is 24.3 Å². The van der Waals surface area contributed by atoms with Crippen molar-refractivity contribution in [3.05, 3.63) is 65.2 Å². The topological polar surface area (TPSA) is 66.4 Å². The van der Waals surface area contributed by atoms with Gasteiger partial charge in [0.05, 0.1) is 11.1 Å². The first-order chi connectivity index (χ1) is 10.3. The van der Waals surface area contributed by atoms with Gasteiger partial charge in [0, 0.05) is 5.56 Å². The van der Waals surface area contributed by atoms with Crippen molar-refractivity contribution in [2.45, 2.75) is 6.18 Å². The van der Waals surface area contributed by atoms with E-state index in [4.69, 9.17) is 0 Å². The van der Waals surface area contributed by atoms with Crippen LogP contribution in [0.3, 0.4) is 0 Å². The number of carbonyl (C=O) groups excluding carboxylic acids is 2. The number of phenols is 1. The maximum Gasteiger partial charge on any atom is 0.416 e. The highest BCUT2D eigenvalue weighted by atomic mass is 19.4. The number of phenolic OH excluding ortho intramolecular Hbond substituents is 1. The van der Waals surface area contributed by atoms with Gasteiger partial charge in [-0.2, -0.15) is 13.2 Å². The Balaban J connectivity index is 2.20. The molecule has 2 rings (SSSR count). The lowest BCUT2D eigenvalue weighted by Gasteiger charge is -2.09. The highest BCUT2D eigenvalue weighted by Crippen LogP contribution is 2.29. The number of alkyl halides is 3. The molecule has 0 spiro atoms. The minimum Gasteiger partial charge on any atom is -0.507 e. The van der Waals surface area contributed by atoms with Crippen molar-refractivity contribution in [3.63, 3.8) is 0 Å². The van der Waals surface area contributed by atoms with Gasteiger partial charge in [0.25, 0.3) is 11.8 Å². The molecule has 4 nitrogen and oxygen atoms in total. The van der Waals surface area contributed by atoms with Crippen molar-refractivity contribution in [2.24, 2.45) is 0 Å². The zero-order valence-electron chi connectivity index (χ0n) is 11.0. The number of rotatable bonds is 2. The molecule has 0 aliphatic rings. The van der Waals surface area contributed by atoms with E-state index in [9.17, 15) is 27.9 Å². The van der Waals surface area contributed by atoms with E-state index in [-0.39, 0.29) is 16.9 Å². The number of benzene rings is 2. The van der Waals surface area contributed by atoms with Crippen molar-refractivity contribution in [1.82, 2.24) is 5.32 Å². The van der Waals surface area contributed by atoms with Crippen LogP contribution in [0.4, 0.5) is 13.2 Å². The number of amides is 2. The first-order valence-electron chi connectivity index (χ1n) is 6.10. The van der Waals surface area contributed by atoms with Crippen LogP contribution < -0.4 is 5.32 Å². The Labute approximate surface area is 123 Å².